The van der Waals surface area contributed by atoms with Gasteiger partial charge in [0.05, 0.1) is 11.5 Å². The first-order valence-electron chi connectivity index (χ1n) is 7.46. The fraction of sp³-hybridized carbons (Fsp3) is 0.0588. The second-order valence-corrected chi connectivity index (χ2v) is 5.77. The van der Waals surface area contributed by atoms with Crippen molar-refractivity contribution in [3.05, 3.63) is 86.8 Å². The van der Waals surface area contributed by atoms with E-state index in [4.69, 9.17) is 11.6 Å². The van der Waals surface area contributed by atoms with Crippen molar-refractivity contribution in [3.63, 3.8) is 0 Å². The lowest BCUT2D eigenvalue weighted by molar-refractivity contribution is -0.385. The Kier molecular flexibility index (Phi) is 4.94. The Labute approximate surface area is 152 Å². The van der Waals surface area contributed by atoms with Gasteiger partial charge in [0.25, 0.3) is 11.6 Å². The van der Waals surface area contributed by atoms with Crippen LogP contribution in [-0.2, 0) is 6.54 Å². The van der Waals surface area contributed by atoms with E-state index in [1.165, 1.54) is 41.1 Å². The van der Waals surface area contributed by atoms with Gasteiger partial charge in [-0.05, 0) is 23.8 Å². The van der Waals surface area contributed by atoms with E-state index >= 15 is 0 Å². The first kappa shape index (κ1) is 17.6. The number of para-hydroxylation sites is 1. The number of anilines is 1. The summed E-state index contributed by atoms with van der Waals surface area (Å²) in [4.78, 5) is 22.7. The third-order valence-corrected chi connectivity index (χ3v) is 3.93. The molecule has 0 aliphatic rings. The highest BCUT2D eigenvalue weighted by Crippen LogP contribution is 2.20. The molecule has 0 spiro atoms. The zero-order valence-electron chi connectivity index (χ0n) is 13.2. The second kappa shape index (κ2) is 7.32. The van der Waals surface area contributed by atoms with Crippen LogP contribution >= 0.6 is 11.6 Å². The van der Waals surface area contributed by atoms with Gasteiger partial charge in [-0.15, -0.1) is 0 Å². The normalized spacial score (nSPS) is 10.5. The molecule has 3 aromatic rings. The van der Waals surface area contributed by atoms with Crippen molar-refractivity contribution in [1.82, 2.24) is 9.78 Å². The molecule has 2 aromatic carbocycles. The van der Waals surface area contributed by atoms with Crippen molar-refractivity contribution in [2.24, 2.45) is 0 Å². The van der Waals surface area contributed by atoms with Gasteiger partial charge in [-0.3, -0.25) is 19.6 Å². The number of carbonyl (C=O) groups excluding carboxylic acids is 1. The molecule has 0 bridgehead atoms. The Morgan fingerprint density at radius 3 is 2.77 bits per heavy atom. The quantitative estimate of drug-likeness (QED) is 0.542. The van der Waals surface area contributed by atoms with Crippen molar-refractivity contribution in [2.45, 2.75) is 6.54 Å². The number of hydrogen-bond acceptors (Lipinski definition) is 4. The van der Waals surface area contributed by atoms with E-state index in [0.717, 1.165) is 0 Å². The lowest BCUT2D eigenvalue weighted by Crippen LogP contribution is -2.14. The summed E-state index contributed by atoms with van der Waals surface area (Å²) in [6.45, 7) is 0.278. The SMILES string of the molecule is O=C(Nc1ccn(Cc2ccc(F)cc2Cl)n1)c1ccccc1[N+](=O)[O-]. The maximum absolute atomic E-state index is 13.1. The van der Waals surface area contributed by atoms with Crippen LogP contribution in [0.4, 0.5) is 15.9 Å². The summed E-state index contributed by atoms with van der Waals surface area (Å²) in [5.41, 5.74) is 0.309. The molecule has 0 aliphatic carbocycles. The number of hydrogen-bond donors (Lipinski definition) is 1. The van der Waals surface area contributed by atoms with Gasteiger partial charge in [0.1, 0.15) is 11.4 Å². The first-order valence-corrected chi connectivity index (χ1v) is 7.84. The van der Waals surface area contributed by atoms with Gasteiger partial charge in [-0.1, -0.05) is 29.8 Å². The van der Waals surface area contributed by atoms with E-state index in [0.29, 0.717) is 5.56 Å². The van der Waals surface area contributed by atoms with Crippen LogP contribution in [0.3, 0.4) is 0 Å². The molecular formula is C17H12ClFN4O3. The monoisotopic (exact) mass is 374 g/mol. The number of nitrogens with one attached hydrogen (secondary N) is 1. The molecule has 0 unspecified atom stereocenters. The highest BCUT2D eigenvalue weighted by Gasteiger charge is 2.19. The van der Waals surface area contributed by atoms with E-state index in [-0.39, 0.29) is 28.6 Å². The molecule has 0 saturated carbocycles. The van der Waals surface area contributed by atoms with Crippen LogP contribution in [0.25, 0.3) is 0 Å². The minimum Gasteiger partial charge on any atom is -0.305 e. The van der Waals surface area contributed by atoms with Gasteiger partial charge in [-0.2, -0.15) is 5.10 Å². The fourth-order valence-electron chi connectivity index (χ4n) is 2.35. The third kappa shape index (κ3) is 3.86. The fourth-order valence-corrected chi connectivity index (χ4v) is 2.58. The van der Waals surface area contributed by atoms with Crippen LogP contribution in [0.15, 0.2) is 54.7 Å². The van der Waals surface area contributed by atoms with E-state index in [9.17, 15) is 19.3 Å². The zero-order valence-corrected chi connectivity index (χ0v) is 14.0. The van der Waals surface area contributed by atoms with Crippen LogP contribution in [0, 0.1) is 15.9 Å². The number of rotatable bonds is 5. The molecule has 0 atom stereocenters. The predicted molar refractivity (Wildman–Crippen MR) is 93.8 cm³/mol. The summed E-state index contributed by atoms with van der Waals surface area (Å²) in [5, 5.41) is 18.0. The van der Waals surface area contributed by atoms with Crippen molar-refractivity contribution in [3.8, 4) is 0 Å². The number of nitro groups is 1. The lowest BCUT2D eigenvalue weighted by Gasteiger charge is -2.05. The Morgan fingerprint density at radius 1 is 1.27 bits per heavy atom. The summed E-state index contributed by atoms with van der Waals surface area (Å²) in [6.07, 6.45) is 1.61. The van der Waals surface area contributed by atoms with Crippen LogP contribution in [0.5, 0.6) is 0 Å². The van der Waals surface area contributed by atoms with Crippen molar-refractivity contribution >= 4 is 29.0 Å². The minimum absolute atomic E-state index is 0.0615. The first-order chi connectivity index (χ1) is 12.4. The summed E-state index contributed by atoms with van der Waals surface area (Å²) in [5.74, 6) is -0.842. The molecule has 0 aliphatic heterocycles. The Morgan fingerprint density at radius 2 is 2.04 bits per heavy atom. The maximum atomic E-state index is 13.1. The molecule has 1 heterocycles. The highest BCUT2D eigenvalue weighted by atomic mass is 35.5. The molecule has 1 N–H and O–H groups in total. The van der Waals surface area contributed by atoms with Crippen molar-refractivity contribution < 1.29 is 14.1 Å². The summed E-state index contributed by atoms with van der Waals surface area (Å²) in [6, 6.07) is 11.2. The van der Waals surface area contributed by atoms with Gasteiger partial charge in [0.15, 0.2) is 5.82 Å². The Bertz CT molecular complexity index is 990. The molecule has 1 aromatic heterocycles. The molecule has 0 fully saturated rings. The summed E-state index contributed by atoms with van der Waals surface area (Å²) in [7, 11) is 0. The zero-order chi connectivity index (χ0) is 18.7. The molecule has 7 nitrogen and oxygen atoms in total. The molecule has 3 rings (SSSR count). The summed E-state index contributed by atoms with van der Waals surface area (Å²) >= 11 is 5.98. The van der Waals surface area contributed by atoms with Gasteiger partial charge >= 0.3 is 0 Å². The smallest absolute Gasteiger partial charge is 0.282 e. The Balaban J connectivity index is 1.74. The minimum atomic E-state index is -0.637. The van der Waals surface area contributed by atoms with Crippen LogP contribution in [0.1, 0.15) is 15.9 Å². The average molecular weight is 375 g/mol. The number of amides is 1. The third-order valence-electron chi connectivity index (χ3n) is 3.58. The van der Waals surface area contributed by atoms with Gasteiger partial charge < -0.3 is 5.32 Å². The van der Waals surface area contributed by atoms with Gasteiger partial charge in [-0.25, -0.2) is 4.39 Å². The standard InChI is InChI=1S/C17H12ClFN4O3/c18-14-9-12(19)6-5-11(14)10-22-8-7-16(21-22)20-17(24)13-3-1-2-4-15(13)23(25)26/h1-9H,10H2,(H,20,21,24). The lowest BCUT2D eigenvalue weighted by atomic mass is 10.1. The number of nitro benzene ring substituents is 1. The molecule has 0 saturated heterocycles. The van der Waals surface area contributed by atoms with Crippen molar-refractivity contribution in [1.29, 1.82) is 0 Å². The average Bonchev–Trinajstić information content (AvgIpc) is 3.04. The number of aromatic nitrogens is 2. The largest absolute Gasteiger partial charge is 0.305 e. The molecule has 1 amide bonds. The van der Waals surface area contributed by atoms with Crippen LogP contribution < -0.4 is 5.32 Å². The number of benzene rings is 2. The van der Waals surface area contributed by atoms with E-state index in [1.807, 2.05) is 0 Å². The van der Waals surface area contributed by atoms with Gasteiger partial charge in [0.2, 0.25) is 0 Å². The molecule has 0 radical (unpaired) electrons. The number of nitrogens with zero attached hydrogens (tertiary/aromatic N) is 3. The number of carbonyl (C=O) groups is 1. The van der Waals surface area contributed by atoms with Crippen LogP contribution in [-0.4, -0.2) is 20.6 Å². The van der Waals surface area contributed by atoms with Gasteiger partial charge in [0, 0.05) is 23.4 Å². The van der Waals surface area contributed by atoms with Crippen molar-refractivity contribution in [2.75, 3.05) is 5.32 Å². The predicted octanol–water partition coefficient (Wildman–Crippen LogP) is 3.88. The Hall–Kier alpha value is -3.26. The second-order valence-electron chi connectivity index (χ2n) is 5.36. The number of halogens is 2. The molecule has 132 valence electrons. The van der Waals surface area contributed by atoms with E-state index < -0.39 is 16.6 Å². The highest BCUT2D eigenvalue weighted by molar-refractivity contribution is 6.31. The molecule has 9 heteroatoms. The molecular weight excluding hydrogens is 363 g/mol. The topological polar surface area (TPSA) is 90.1 Å². The van der Waals surface area contributed by atoms with E-state index in [2.05, 4.69) is 10.4 Å². The van der Waals surface area contributed by atoms with E-state index in [1.54, 1.807) is 18.3 Å². The molecule has 26 heavy (non-hydrogen) atoms. The summed E-state index contributed by atoms with van der Waals surface area (Å²) < 4.78 is 14.6. The van der Waals surface area contributed by atoms with Crippen LogP contribution in [0.2, 0.25) is 5.02 Å². The maximum Gasteiger partial charge on any atom is 0.282 e.